The summed E-state index contributed by atoms with van der Waals surface area (Å²) in [7, 11) is 0. The highest BCUT2D eigenvalue weighted by atomic mass is 16.5. The summed E-state index contributed by atoms with van der Waals surface area (Å²) in [6, 6.07) is 8.05. The van der Waals surface area contributed by atoms with Crippen molar-refractivity contribution in [1.29, 1.82) is 0 Å². The smallest absolute Gasteiger partial charge is 0.340 e. The van der Waals surface area contributed by atoms with Gasteiger partial charge in [0.15, 0.2) is 0 Å². The zero-order chi connectivity index (χ0) is 18.6. The fourth-order valence-corrected chi connectivity index (χ4v) is 2.94. The van der Waals surface area contributed by atoms with Crippen molar-refractivity contribution in [2.24, 2.45) is 0 Å². The molecule has 0 aliphatic heterocycles. The van der Waals surface area contributed by atoms with Gasteiger partial charge < -0.3 is 15.0 Å². The van der Waals surface area contributed by atoms with E-state index in [0.717, 1.165) is 12.0 Å². The second-order valence-electron chi connectivity index (χ2n) is 6.19. The van der Waals surface area contributed by atoms with E-state index in [4.69, 9.17) is 4.74 Å². The Labute approximate surface area is 148 Å². The van der Waals surface area contributed by atoms with E-state index < -0.39 is 5.97 Å². The molecule has 0 spiro atoms. The number of aryl methyl sites for hydroxylation is 2. The summed E-state index contributed by atoms with van der Waals surface area (Å²) in [6.07, 6.45) is 0.776. The molecule has 2 N–H and O–H groups in total. The molecule has 0 saturated carbocycles. The van der Waals surface area contributed by atoms with Crippen molar-refractivity contribution in [1.82, 2.24) is 10.3 Å². The van der Waals surface area contributed by atoms with Crippen LogP contribution in [0.15, 0.2) is 24.3 Å². The highest BCUT2D eigenvalue weighted by Gasteiger charge is 2.24. The number of rotatable bonds is 6. The number of hydrogen-bond donors (Lipinski definition) is 2. The van der Waals surface area contributed by atoms with E-state index in [1.807, 2.05) is 38.1 Å². The Morgan fingerprint density at radius 3 is 2.32 bits per heavy atom. The van der Waals surface area contributed by atoms with E-state index in [0.29, 0.717) is 29.1 Å². The summed E-state index contributed by atoms with van der Waals surface area (Å²) in [4.78, 5) is 27.8. The van der Waals surface area contributed by atoms with Crippen molar-refractivity contribution >= 4 is 11.9 Å². The lowest BCUT2D eigenvalue weighted by atomic mass is 10.0. The SMILES string of the molecule is CCOC(=O)c1c(C)[nH]c(C(=O)N[C@@H](CC)c2ccc(C)cc2)c1C. The maximum atomic E-state index is 12.7. The summed E-state index contributed by atoms with van der Waals surface area (Å²) in [5, 5.41) is 3.05. The predicted molar refractivity (Wildman–Crippen MR) is 97.9 cm³/mol. The number of amides is 1. The molecule has 1 aromatic heterocycles. The monoisotopic (exact) mass is 342 g/mol. The minimum atomic E-state index is -0.404. The molecule has 2 rings (SSSR count). The van der Waals surface area contributed by atoms with Gasteiger partial charge in [0, 0.05) is 5.69 Å². The molecule has 2 aromatic rings. The minimum Gasteiger partial charge on any atom is -0.462 e. The Hall–Kier alpha value is -2.56. The summed E-state index contributed by atoms with van der Waals surface area (Å²) in [5.41, 5.74) is 4.35. The Bertz CT molecular complexity index is 760. The zero-order valence-electron chi connectivity index (χ0n) is 15.5. The molecule has 1 heterocycles. The molecule has 0 fully saturated rings. The maximum absolute atomic E-state index is 12.7. The molecule has 1 amide bonds. The largest absolute Gasteiger partial charge is 0.462 e. The summed E-state index contributed by atoms with van der Waals surface area (Å²) < 4.78 is 5.07. The average Bonchev–Trinajstić information content (AvgIpc) is 2.88. The van der Waals surface area contributed by atoms with Gasteiger partial charge in [-0.1, -0.05) is 36.8 Å². The lowest BCUT2D eigenvalue weighted by Gasteiger charge is -2.17. The lowest BCUT2D eigenvalue weighted by molar-refractivity contribution is 0.0525. The minimum absolute atomic E-state index is 0.0813. The van der Waals surface area contributed by atoms with Crippen molar-refractivity contribution in [2.45, 2.75) is 47.1 Å². The van der Waals surface area contributed by atoms with Crippen molar-refractivity contribution < 1.29 is 14.3 Å². The third-order valence-corrected chi connectivity index (χ3v) is 4.34. The molecule has 0 unspecified atom stereocenters. The molecule has 0 saturated heterocycles. The number of esters is 1. The summed E-state index contributed by atoms with van der Waals surface area (Å²) in [5.74, 6) is -0.623. The van der Waals surface area contributed by atoms with Gasteiger partial charge in [-0.15, -0.1) is 0 Å². The standard InChI is InChI=1S/C20H26N2O3/c1-6-16(15-10-8-12(3)9-11-15)22-19(23)18-13(4)17(14(5)21-18)20(24)25-7-2/h8-11,16,21H,6-7H2,1-5H3,(H,22,23)/t16-/m0/s1. The van der Waals surface area contributed by atoms with Gasteiger partial charge in [-0.05, 0) is 45.2 Å². The van der Waals surface area contributed by atoms with Gasteiger partial charge in [0.25, 0.3) is 5.91 Å². The van der Waals surface area contributed by atoms with Crippen LogP contribution in [0.2, 0.25) is 0 Å². The van der Waals surface area contributed by atoms with Crippen LogP contribution < -0.4 is 5.32 Å². The number of hydrogen-bond acceptors (Lipinski definition) is 3. The van der Waals surface area contributed by atoms with E-state index >= 15 is 0 Å². The molecule has 0 aliphatic rings. The van der Waals surface area contributed by atoms with Crippen LogP contribution in [0.1, 0.15) is 69.5 Å². The van der Waals surface area contributed by atoms with Crippen LogP contribution in [0.5, 0.6) is 0 Å². The summed E-state index contributed by atoms with van der Waals surface area (Å²) in [6.45, 7) is 9.66. The van der Waals surface area contributed by atoms with Gasteiger partial charge in [-0.25, -0.2) is 4.79 Å². The highest BCUT2D eigenvalue weighted by molar-refractivity contribution is 6.00. The van der Waals surface area contributed by atoms with Crippen LogP contribution in [-0.2, 0) is 4.74 Å². The topological polar surface area (TPSA) is 71.2 Å². The van der Waals surface area contributed by atoms with E-state index in [2.05, 4.69) is 10.3 Å². The molecule has 5 heteroatoms. The fourth-order valence-electron chi connectivity index (χ4n) is 2.94. The summed E-state index contributed by atoms with van der Waals surface area (Å²) >= 11 is 0. The average molecular weight is 342 g/mol. The van der Waals surface area contributed by atoms with E-state index in [9.17, 15) is 9.59 Å². The molecule has 25 heavy (non-hydrogen) atoms. The number of H-pyrrole nitrogens is 1. The Balaban J connectivity index is 2.24. The Morgan fingerprint density at radius 1 is 1.12 bits per heavy atom. The van der Waals surface area contributed by atoms with Gasteiger partial charge in [0.2, 0.25) is 0 Å². The predicted octanol–water partition coefficient (Wildman–Crippen LogP) is 4.00. The number of ether oxygens (including phenoxy) is 1. The van der Waals surface area contributed by atoms with Gasteiger partial charge in [-0.2, -0.15) is 0 Å². The van der Waals surface area contributed by atoms with Gasteiger partial charge in [0.05, 0.1) is 18.2 Å². The lowest BCUT2D eigenvalue weighted by Crippen LogP contribution is -2.29. The second kappa shape index (κ2) is 8.01. The van der Waals surface area contributed by atoms with Crippen molar-refractivity contribution in [2.75, 3.05) is 6.61 Å². The molecular weight excluding hydrogens is 316 g/mol. The molecule has 1 aromatic carbocycles. The van der Waals surface area contributed by atoms with Gasteiger partial charge in [0.1, 0.15) is 5.69 Å². The first-order valence-electron chi connectivity index (χ1n) is 8.62. The van der Waals surface area contributed by atoms with Crippen LogP contribution in [0.3, 0.4) is 0 Å². The molecule has 134 valence electrons. The fraction of sp³-hybridized carbons (Fsp3) is 0.400. The quantitative estimate of drug-likeness (QED) is 0.780. The number of aromatic nitrogens is 1. The number of carbonyl (C=O) groups is 2. The van der Waals surface area contributed by atoms with Gasteiger partial charge in [-0.3, -0.25) is 4.79 Å². The highest BCUT2D eigenvalue weighted by Crippen LogP contribution is 2.22. The Kier molecular flexibility index (Phi) is 6.02. The van der Waals surface area contributed by atoms with Crippen LogP contribution in [0.25, 0.3) is 0 Å². The third-order valence-electron chi connectivity index (χ3n) is 4.34. The van der Waals surface area contributed by atoms with Crippen LogP contribution in [0, 0.1) is 20.8 Å². The molecular formula is C20H26N2O3. The van der Waals surface area contributed by atoms with E-state index in [-0.39, 0.29) is 11.9 Å². The van der Waals surface area contributed by atoms with E-state index in [1.165, 1.54) is 5.56 Å². The first-order chi connectivity index (χ1) is 11.9. The first kappa shape index (κ1) is 18.8. The van der Waals surface area contributed by atoms with Crippen molar-refractivity contribution in [3.05, 3.63) is 57.9 Å². The number of aromatic amines is 1. The zero-order valence-corrected chi connectivity index (χ0v) is 15.5. The molecule has 0 radical (unpaired) electrons. The van der Waals surface area contributed by atoms with Gasteiger partial charge >= 0.3 is 5.97 Å². The van der Waals surface area contributed by atoms with Crippen LogP contribution in [0.4, 0.5) is 0 Å². The number of carbonyl (C=O) groups excluding carboxylic acids is 2. The van der Waals surface area contributed by atoms with Crippen LogP contribution >= 0.6 is 0 Å². The third kappa shape index (κ3) is 4.10. The maximum Gasteiger partial charge on any atom is 0.340 e. The Morgan fingerprint density at radius 2 is 1.76 bits per heavy atom. The molecule has 1 atom stereocenters. The molecule has 0 aliphatic carbocycles. The number of benzene rings is 1. The first-order valence-corrected chi connectivity index (χ1v) is 8.62. The van der Waals surface area contributed by atoms with Crippen LogP contribution in [-0.4, -0.2) is 23.5 Å². The molecule has 5 nitrogen and oxygen atoms in total. The number of nitrogens with one attached hydrogen (secondary N) is 2. The van der Waals surface area contributed by atoms with E-state index in [1.54, 1.807) is 20.8 Å². The van der Waals surface area contributed by atoms with Crippen molar-refractivity contribution in [3.63, 3.8) is 0 Å². The molecule has 0 bridgehead atoms. The second-order valence-corrected chi connectivity index (χ2v) is 6.19. The van der Waals surface area contributed by atoms with Crippen molar-refractivity contribution in [3.8, 4) is 0 Å². The normalized spacial score (nSPS) is 11.9.